The largest absolute Gasteiger partial charge is 0.395 e. The molecule has 1 aromatic heterocycles. The highest BCUT2D eigenvalue weighted by atomic mass is 19.1. The molecule has 1 amide bonds. The SMILES string of the molecule is CCc1nn(C)c(C(=O)Nc2c(F)cccc2F)c1N. The maximum absolute atomic E-state index is 13.5. The van der Waals surface area contributed by atoms with Crippen LogP contribution in [0.5, 0.6) is 0 Å². The third-order valence-corrected chi connectivity index (χ3v) is 2.91. The Kier molecular flexibility index (Phi) is 3.69. The number of halogens is 2. The van der Waals surface area contributed by atoms with Crippen LogP contribution >= 0.6 is 0 Å². The van der Waals surface area contributed by atoms with Crippen molar-refractivity contribution in [2.45, 2.75) is 13.3 Å². The van der Waals surface area contributed by atoms with Crippen LogP contribution < -0.4 is 11.1 Å². The fraction of sp³-hybridized carbons (Fsp3) is 0.231. The molecule has 0 radical (unpaired) electrons. The van der Waals surface area contributed by atoms with E-state index in [0.717, 1.165) is 12.1 Å². The highest BCUT2D eigenvalue weighted by molar-refractivity contribution is 6.06. The van der Waals surface area contributed by atoms with E-state index < -0.39 is 23.2 Å². The summed E-state index contributed by atoms with van der Waals surface area (Å²) in [6.45, 7) is 1.84. The van der Waals surface area contributed by atoms with Crippen LogP contribution in [0.4, 0.5) is 20.2 Å². The molecule has 0 spiro atoms. The van der Waals surface area contributed by atoms with Gasteiger partial charge in [-0.15, -0.1) is 0 Å². The number of amides is 1. The van der Waals surface area contributed by atoms with Gasteiger partial charge in [-0.2, -0.15) is 5.10 Å². The molecule has 0 bridgehead atoms. The normalized spacial score (nSPS) is 10.6. The van der Waals surface area contributed by atoms with Crippen molar-refractivity contribution in [1.82, 2.24) is 9.78 Å². The average Bonchev–Trinajstić information content (AvgIpc) is 2.68. The van der Waals surface area contributed by atoms with Crippen LogP contribution in [0.1, 0.15) is 23.1 Å². The van der Waals surface area contributed by atoms with E-state index in [0.29, 0.717) is 12.1 Å². The molecular weight excluding hydrogens is 266 g/mol. The zero-order valence-electron chi connectivity index (χ0n) is 11.1. The summed E-state index contributed by atoms with van der Waals surface area (Å²) >= 11 is 0. The molecule has 7 heteroatoms. The van der Waals surface area contributed by atoms with E-state index >= 15 is 0 Å². The molecule has 0 fully saturated rings. The van der Waals surface area contributed by atoms with E-state index in [2.05, 4.69) is 10.4 Å². The van der Waals surface area contributed by atoms with Crippen molar-refractivity contribution in [3.63, 3.8) is 0 Å². The van der Waals surface area contributed by atoms with Crippen LogP contribution in [-0.4, -0.2) is 15.7 Å². The molecular formula is C13H14F2N4O. The molecule has 5 nitrogen and oxygen atoms in total. The molecule has 0 aliphatic rings. The smallest absolute Gasteiger partial charge is 0.276 e. The standard InChI is InChI=1S/C13H14F2N4O/c1-3-9-10(16)12(19(2)18-9)13(20)17-11-7(14)5-4-6-8(11)15/h4-6H,3,16H2,1-2H3,(H,17,20). The van der Waals surface area contributed by atoms with E-state index in [4.69, 9.17) is 5.73 Å². The van der Waals surface area contributed by atoms with Crippen LogP contribution in [0.2, 0.25) is 0 Å². The van der Waals surface area contributed by atoms with Gasteiger partial charge >= 0.3 is 0 Å². The number of nitrogens with two attached hydrogens (primary N) is 1. The number of anilines is 2. The Morgan fingerprint density at radius 1 is 1.40 bits per heavy atom. The molecule has 0 unspecified atom stereocenters. The van der Waals surface area contributed by atoms with Crippen molar-refractivity contribution in [1.29, 1.82) is 0 Å². The Morgan fingerprint density at radius 3 is 2.50 bits per heavy atom. The average molecular weight is 280 g/mol. The van der Waals surface area contributed by atoms with Gasteiger partial charge in [0.2, 0.25) is 0 Å². The minimum Gasteiger partial charge on any atom is -0.395 e. The van der Waals surface area contributed by atoms with Crippen LogP contribution in [0.15, 0.2) is 18.2 Å². The third kappa shape index (κ3) is 2.34. The molecule has 106 valence electrons. The number of carbonyl (C=O) groups excluding carboxylic acids is 1. The van der Waals surface area contributed by atoms with Gasteiger partial charge in [0.25, 0.3) is 5.91 Å². The maximum atomic E-state index is 13.5. The van der Waals surface area contributed by atoms with Crippen molar-refractivity contribution < 1.29 is 13.6 Å². The van der Waals surface area contributed by atoms with Gasteiger partial charge in [0.05, 0.1) is 11.4 Å². The fourth-order valence-electron chi connectivity index (χ4n) is 1.92. The number of rotatable bonds is 3. The number of hydrogen-bond acceptors (Lipinski definition) is 3. The molecule has 3 N–H and O–H groups in total. The molecule has 0 aliphatic carbocycles. The number of benzene rings is 1. The number of nitrogen functional groups attached to an aromatic ring is 1. The summed E-state index contributed by atoms with van der Waals surface area (Å²) in [5.74, 6) is -2.41. The number of nitrogens with one attached hydrogen (secondary N) is 1. The third-order valence-electron chi connectivity index (χ3n) is 2.91. The molecule has 0 saturated heterocycles. The second kappa shape index (κ2) is 5.28. The van der Waals surface area contributed by atoms with Crippen molar-refractivity contribution in [3.8, 4) is 0 Å². The lowest BCUT2D eigenvalue weighted by molar-refractivity contribution is 0.101. The minimum atomic E-state index is -0.852. The predicted octanol–water partition coefficient (Wildman–Crippen LogP) is 2.10. The summed E-state index contributed by atoms with van der Waals surface area (Å²) in [6.07, 6.45) is 0.557. The molecule has 0 aliphatic heterocycles. The zero-order chi connectivity index (χ0) is 14.9. The summed E-state index contributed by atoms with van der Waals surface area (Å²) in [5, 5.41) is 6.26. The molecule has 2 rings (SSSR count). The molecule has 0 saturated carbocycles. The predicted molar refractivity (Wildman–Crippen MR) is 71.3 cm³/mol. The number of aromatic nitrogens is 2. The molecule has 2 aromatic rings. The summed E-state index contributed by atoms with van der Waals surface area (Å²) < 4.78 is 28.3. The van der Waals surface area contributed by atoms with Crippen molar-refractivity contribution in [2.75, 3.05) is 11.1 Å². The number of aryl methyl sites for hydroxylation is 2. The van der Waals surface area contributed by atoms with Crippen LogP contribution in [0.3, 0.4) is 0 Å². The van der Waals surface area contributed by atoms with E-state index in [9.17, 15) is 13.6 Å². The Hall–Kier alpha value is -2.44. The van der Waals surface area contributed by atoms with Crippen LogP contribution in [0, 0.1) is 11.6 Å². The molecule has 1 aromatic carbocycles. The van der Waals surface area contributed by atoms with E-state index in [-0.39, 0.29) is 11.4 Å². The van der Waals surface area contributed by atoms with Crippen molar-refractivity contribution in [3.05, 3.63) is 41.2 Å². The minimum absolute atomic E-state index is 0.0736. The van der Waals surface area contributed by atoms with Gasteiger partial charge in [0.15, 0.2) is 0 Å². The molecule has 0 atom stereocenters. The van der Waals surface area contributed by atoms with Gasteiger partial charge in [0, 0.05) is 7.05 Å². The summed E-state index contributed by atoms with van der Waals surface area (Å²) in [7, 11) is 1.54. The van der Waals surface area contributed by atoms with Gasteiger partial charge in [-0.1, -0.05) is 13.0 Å². The summed E-state index contributed by atoms with van der Waals surface area (Å²) in [5.41, 5.74) is 6.16. The van der Waals surface area contributed by atoms with Gasteiger partial charge < -0.3 is 11.1 Å². The topological polar surface area (TPSA) is 72.9 Å². The maximum Gasteiger partial charge on any atom is 0.276 e. The summed E-state index contributed by atoms with van der Waals surface area (Å²) in [6, 6.07) is 3.33. The number of carbonyl (C=O) groups is 1. The van der Waals surface area contributed by atoms with Gasteiger partial charge in [-0.3, -0.25) is 9.48 Å². The second-order valence-electron chi connectivity index (χ2n) is 4.24. The first kappa shape index (κ1) is 14.0. The van der Waals surface area contributed by atoms with Crippen LogP contribution in [0.25, 0.3) is 0 Å². The lowest BCUT2D eigenvalue weighted by Crippen LogP contribution is -2.19. The number of hydrogen-bond donors (Lipinski definition) is 2. The fourth-order valence-corrected chi connectivity index (χ4v) is 1.92. The Bertz CT molecular complexity index is 646. The lowest BCUT2D eigenvalue weighted by Gasteiger charge is -2.08. The highest BCUT2D eigenvalue weighted by Gasteiger charge is 2.21. The number of nitrogens with zero attached hydrogens (tertiary/aromatic N) is 2. The molecule has 20 heavy (non-hydrogen) atoms. The lowest BCUT2D eigenvalue weighted by atomic mass is 10.2. The van der Waals surface area contributed by atoms with Gasteiger partial charge in [-0.05, 0) is 18.6 Å². The second-order valence-corrected chi connectivity index (χ2v) is 4.24. The van der Waals surface area contributed by atoms with Gasteiger partial charge in [-0.25, -0.2) is 8.78 Å². The monoisotopic (exact) mass is 280 g/mol. The van der Waals surface area contributed by atoms with E-state index in [1.807, 2.05) is 6.92 Å². The summed E-state index contributed by atoms with van der Waals surface area (Å²) in [4.78, 5) is 12.1. The molecule has 1 heterocycles. The van der Waals surface area contributed by atoms with Crippen molar-refractivity contribution in [2.24, 2.45) is 7.05 Å². The Morgan fingerprint density at radius 2 is 2.00 bits per heavy atom. The van der Waals surface area contributed by atoms with Gasteiger partial charge in [0.1, 0.15) is 23.0 Å². The number of para-hydroxylation sites is 1. The first-order chi connectivity index (χ1) is 9.45. The van der Waals surface area contributed by atoms with E-state index in [1.54, 1.807) is 7.05 Å². The quantitative estimate of drug-likeness (QED) is 0.904. The van der Waals surface area contributed by atoms with Crippen molar-refractivity contribution >= 4 is 17.3 Å². The Labute approximate surface area is 114 Å². The first-order valence-electron chi connectivity index (χ1n) is 6.02. The van der Waals surface area contributed by atoms with E-state index in [1.165, 1.54) is 10.7 Å². The van der Waals surface area contributed by atoms with Crippen LogP contribution in [-0.2, 0) is 13.5 Å². The highest BCUT2D eigenvalue weighted by Crippen LogP contribution is 2.22. The zero-order valence-corrected chi connectivity index (χ0v) is 11.1. The first-order valence-corrected chi connectivity index (χ1v) is 6.02. The Balaban J connectivity index is 2.36.